The van der Waals surface area contributed by atoms with Gasteiger partial charge in [0.05, 0.1) is 0 Å². The molecule has 2 amide bonds. The highest BCUT2D eigenvalue weighted by atomic mass is 16.5. The van der Waals surface area contributed by atoms with Crippen LogP contribution in [0.3, 0.4) is 0 Å². The van der Waals surface area contributed by atoms with E-state index in [1.165, 1.54) is 0 Å². The maximum atomic E-state index is 13.6. The lowest BCUT2D eigenvalue weighted by Gasteiger charge is -2.32. The van der Waals surface area contributed by atoms with Crippen molar-refractivity contribution in [3.05, 3.63) is 102 Å². The Morgan fingerprint density at radius 1 is 0.886 bits per heavy atom. The molecule has 0 bridgehead atoms. The Kier molecular flexibility index (Phi) is 8.55. The van der Waals surface area contributed by atoms with Gasteiger partial charge in [0.25, 0.3) is 5.91 Å². The first-order valence-electron chi connectivity index (χ1n) is 12.5. The summed E-state index contributed by atoms with van der Waals surface area (Å²) >= 11 is 0. The minimum atomic E-state index is -0.633. The van der Waals surface area contributed by atoms with Gasteiger partial charge in [0, 0.05) is 19.0 Å². The van der Waals surface area contributed by atoms with E-state index in [1.807, 2.05) is 91.9 Å². The van der Waals surface area contributed by atoms with Crippen LogP contribution in [0.5, 0.6) is 5.75 Å². The number of aryl methyl sites for hydroxylation is 1. The summed E-state index contributed by atoms with van der Waals surface area (Å²) in [6.07, 6.45) is 4.69. The summed E-state index contributed by atoms with van der Waals surface area (Å²) in [7, 11) is 0. The van der Waals surface area contributed by atoms with Crippen molar-refractivity contribution < 1.29 is 14.3 Å². The minimum absolute atomic E-state index is 0.0964. The molecule has 5 heteroatoms. The van der Waals surface area contributed by atoms with Gasteiger partial charge in [0.15, 0.2) is 6.61 Å². The Labute approximate surface area is 208 Å². The quantitative estimate of drug-likeness (QED) is 0.450. The number of para-hydroxylation sites is 1. The number of carbonyl (C=O) groups is 2. The normalized spacial score (nSPS) is 14.3. The van der Waals surface area contributed by atoms with E-state index in [4.69, 9.17) is 4.74 Å². The lowest BCUT2D eigenvalue weighted by Crippen LogP contribution is -2.53. The molecule has 0 spiro atoms. The van der Waals surface area contributed by atoms with Gasteiger partial charge in [-0.25, -0.2) is 0 Å². The van der Waals surface area contributed by atoms with Crippen LogP contribution >= 0.6 is 0 Å². The van der Waals surface area contributed by atoms with Gasteiger partial charge in [-0.15, -0.1) is 0 Å². The number of hydrogen-bond acceptors (Lipinski definition) is 3. The fourth-order valence-electron chi connectivity index (χ4n) is 4.64. The van der Waals surface area contributed by atoms with Crippen LogP contribution in [-0.2, 0) is 22.6 Å². The molecule has 5 nitrogen and oxygen atoms in total. The minimum Gasteiger partial charge on any atom is -0.484 e. The number of hydrogen-bond donors (Lipinski definition) is 1. The number of nitrogens with one attached hydrogen (secondary N) is 1. The largest absolute Gasteiger partial charge is 0.484 e. The van der Waals surface area contributed by atoms with Gasteiger partial charge < -0.3 is 15.0 Å². The van der Waals surface area contributed by atoms with Crippen molar-refractivity contribution in [1.82, 2.24) is 10.2 Å². The van der Waals surface area contributed by atoms with Gasteiger partial charge >= 0.3 is 0 Å². The zero-order valence-electron chi connectivity index (χ0n) is 20.4. The van der Waals surface area contributed by atoms with E-state index >= 15 is 0 Å². The summed E-state index contributed by atoms with van der Waals surface area (Å²) < 4.78 is 5.91. The summed E-state index contributed by atoms with van der Waals surface area (Å²) in [6, 6.07) is 26.9. The van der Waals surface area contributed by atoms with E-state index in [1.54, 1.807) is 4.90 Å². The second-order valence-corrected chi connectivity index (χ2v) is 9.26. The molecule has 3 aromatic rings. The van der Waals surface area contributed by atoms with Gasteiger partial charge in [-0.05, 0) is 42.5 Å². The Balaban J connectivity index is 1.60. The molecule has 0 heterocycles. The van der Waals surface area contributed by atoms with Crippen molar-refractivity contribution in [3.8, 4) is 5.75 Å². The second kappa shape index (κ2) is 12.2. The van der Waals surface area contributed by atoms with Gasteiger partial charge in [-0.1, -0.05) is 91.7 Å². The fraction of sp³-hybridized carbons (Fsp3) is 0.333. The molecule has 0 radical (unpaired) electrons. The Morgan fingerprint density at radius 2 is 1.49 bits per heavy atom. The highest BCUT2D eigenvalue weighted by Crippen LogP contribution is 2.21. The van der Waals surface area contributed by atoms with Gasteiger partial charge in [0.2, 0.25) is 5.91 Å². The number of rotatable bonds is 10. The van der Waals surface area contributed by atoms with E-state index in [9.17, 15) is 9.59 Å². The Morgan fingerprint density at radius 3 is 2.14 bits per heavy atom. The van der Waals surface area contributed by atoms with Crippen LogP contribution < -0.4 is 10.1 Å². The third kappa shape index (κ3) is 6.95. The summed E-state index contributed by atoms with van der Waals surface area (Å²) in [4.78, 5) is 28.9. The number of carbonyl (C=O) groups excluding carboxylic acids is 2. The molecule has 1 saturated carbocycles. The summed E-state index contributed by atoms with van der Waals surface area (Å²) in [6.45, 7) is 2.17. The second-order valence-electron chi connectivity index (χ2n) is 9.26. The van der Waals surface area contributed by atoms with Crippen LogP contribution in [0.1, 0.15) is 42.4 Å². The van der Waals surface area contributed by atoms with Crippen LogP contribution in [0.2, 0.25) is 0 Å². The van der Waals surface area contributed by atoms with Crippen molar-refractivity contribution in [1.29, 1.82) is 0 Å². The van der Waals surface area contributed by atoms with Crippen LogP contribution in [-0.4, -0.2) is 35.4 Å². The van der Waals surface area contributed by atoms with Crippen molar-refractivity contribution >= 4 is 11.8 Å². The highest BCUT2D eigenvalue weighted by Gasteiger charge is 2.32. The molecular weight excluding hydrogens is 436 g/mol. The third-order valence-electron chi connectivity index (χ3n) is 6.61. The smallest absolute Gasteiger partial charge is 0.261 e. The predicted octanol–water partition coefficient (Wildman–Crippen LogP) is 5.07. The Hall–Kier alpha value is -3.60. The van der Waals surface area contributed by atoms with Crippen molar-refractivity contribution in [2.75, 3.05) is 6.61 Å². The van der Waals surface area contributed by atoms with Crippen molar-refractivity contribution in [3.63, 3.8) is 0 Å². The average molecular weight is 471 g/mol. The Bertz CT molecular complexity index is 1090. The molecule has 3 aromatic carbocycles. The molecule has 1 atom stereocenters. The number of amides is 2. The van der Waals surface area contributed by atoms with Crippen LogP contribution in [0.4, 0.5) is 0 Å². The zero-order valence-corrected chi connectivity index (χ0v) is 20.4. The van der Waals surface area contributed by atoms with E-state index < -0.39 is 6.04 Å². The predicted molar refractivity (Wildman–Crippen MR) is 138 cm³/mol. The maximum Gasteiger partial charge on any atom is 0.261 e. The molecule has 0 unspecified atom stereocenters. The van der Waals surface area contributed by atoms with E-state index in [2.05, 4.69) is 5.32 Å². The van der Waals surface area contributed by atoms with Crippen LogP contribution in [0.15, 0.2) is 84.9 Å². The lowest BCUT2D eigenvalue weighted by molar-refractivity contribution is -0.143. The summed E-state index contributed by atoms with van der Waals surface area (Å²) in [5, 5.41) is 3.23. The molecule has 1 N–H and O–H groups in total. The first-order valence-corrected chi connectivity index (χ1v) is 12.5. The third-order valence-corrected chi connectivity index (χ3v) is 6.61. The average Bonchev–Trinajstić information content (AvgIpc) is 3.39. The van der Waals surface area contributed by atoms with Gasteiger partial charge in [0.1, 0.15) is 11.8 Å². The van der Waals surface area contributed by atoms with E-state index in [-0.39, 0.29) is 24.5 Å². The summed E-state index contributed by atoms with van der Waals surface area (Å²) in [5.41, 5.74) is 2.96. The molecule has 1 aliphatic rings. The SMILES string of the molecule is Cc1ccccc1OCC(=O)N(Cc1ccccc1)[C@@H](Cc1ccccc1)C(=O)NC1CCCC1. The summed E-state index contributed by atoms with van der Waals surface area (Å²) in [5.74, 6) is 0.371. The number of nitrogens with zero attached hydrogens (tertiary/aromatic N) is 1. The van der Waals surface area contributed by atoms with Crippen molar-refractivity contribution in [2.45, 2.75) is 57.7 Å². The van der Waals surface area contributed by atoms with Gasteiger partial charge in [-0.3, -0.25) is 9.59 Å². The molecule has 35 heavy (non-hydrogen) atoms. The maximum absolute atomic E-state index is 13.6. The van der Waals surface area contributed by atoms with Crippen molar-refractivity contribution in [2.24, 2.45) is 0 Å². The highest BCUT2D eigenvalue weighted by molar-refractivity contribution is 5.88. The topological polar surface area (TPSA) is 58.6 Å². The van der Waals surface area contributed by atoms with Crippen LogP contribution in [0.25, 0.3) is 0 Å². The van der Waals surface area contributed by atoms with Crippen LogP contribution in [0, 0.1) is 6.92 Å². The first kappa shape index (κ1) is 24.5. The molecule has 1 fully saturated rings. The van der Waals surface area contributed by atoms with Gasteiger partial charge in [-0.2, -0.15) is 0 Å². The molecule has 0 aromatic heterocycles. The lowest BCUT2D eigenvalue weighted by atomic mass is 10.0. The molecule has 4 rings (SSSR count). The monoisotopic (exact) mass is 470 g/mol. The standard InChI is InChI=1S/C30H34N2O3/c1-23-12-8-11-19-28(23)35-22-29(33)32(21-25-15-6-3-7-16-25)27(20-24-13-4-2-5-14-24)30(34)31-26-17-9-10-18-26/h2-8,11-16,19,26-27H,9-10,17-18,20-22H2,1H3,(H,31,34)/t27-/m0/s1. The number of benzene rings is 3. The fourth-order valence-corrected chi connectivity index (χ4v) is 4.64. The van der Waals surface area contributed by atoms with E-state index in [0.717, 1.165) is 42.4 Å². The first-order chi connectivity index (χ1) is 17.1. The molecular formula is C30H34N2O3. The molecule has 0 aliphatic heterocycles. The molecule has 182 valence electrons. The van der Waals surface area contributed by atoms with E-state index in [0.29, 0.717) is 18.7 Å². The number of ether oxygens (including phenoxy) is 1. The molecule has 0 saturated heterocycles. The molecule has 1 aliphatic carbocycles. The zero-order chi connectivity index (χ0) is 24.5.